The van der Waals surface area contributed by atoms with Crippen LogP contribution in [0.15, 0.2) is 0 Å². The van der Waals surface area contributed by atoms with Crippen molar-refractivity contribution in [1.82, 2.24) is 4.90 Å². The minimum Gasteiger partial charge on any atom is -0.467 e. The molecule has 104 valence electrons. The summed E-state index contributed by atoms with van der Waals surface area (Å²) in [7, 11) is 3.01. The van der Waals surface area contributed by atoms with E-state index in [1.807, 2.05) is 0 Å². The molecule has 0 saturated carbocycles. The van der Waals surface area contributed by atoms with Crippen LogP contribution in [-0.2, 0) is 19.1 Å². The molecule has 0 aromatic rings. The summed E-state index contributed by atoms with van der Waals surface area (Å²) < 4.78 is 9.68. The first-order valence-corrected chi connectivity index (χ1v) is 7.30. The third-order valence-corrected chi connectivity index (χ3v) is 3.86. The van der Waals surface area contributed by atoms with Gasteiger partial charge in [0.2, 0.25) is 5.91 Å². The lowest BCUT2D eigenvalue weighted by atomic mass is 10.0. The van der Waals surface area contributed by atoms with Crippen molar-refractivity contribution in [1.29, 1.82) is 0 Å². The van der Waals surface area contributed by atoms with E-state index in [-0.39, 0.29) is 17.9 Å². The highest BCUT2D eigenvalue weighted by Crippen LogP contribution is 2.19. The first-order valence-electron chi connectivity index (χ1n) is 6.14. The van der Waals surface area contributed by atoms with Crippen LogP contribution in [0.5, 0.6) is 0 Å². The number of hydrogen-bond donors (Lipinski definition) is 0. The lowest BCUT2D eigenvalue weighted by Crippen LogP contribution is -2.49. The van der Waals surface area contributed by atoms with E-state index in [4.69, 9.17) is 9.47 Å². The predicted octanol–water partition coefficient (Wildman–Crippen LogP) is 0.920. The molecule has 1 heterocycles. The topological polar surface area (TPSA) is 55.8 Å². The first kappa shape index (κ1) is 15.3. The number of rotatable bonds is 6. The average molecular weight is 275 g/mol. The molecule has 1 rings (SSSR count). The normalized spacial score (nSPS) is 19.7. The minimum absolute atomic E-state index is 0.0196. The van der Waals surface area contributed by atoms with Crippen molar-refractivity contribution in [3.8, 4) is 0 Å². The fourth-order valence-electron chi connectivity index (χ4n) is 2.00. The van der Waals surface area contributed by atoms with E-state index in [0.717, 1.165) is 18.6 Å². The molecule has 0 aromatic carbocycles. The molecule has 0 spiro atoms. The molecule has 5 nitrogen and oxygen atoms in total. The number of nitrogens with zero attached hydrogens (tertiary/aromatic N) is 1. The summed E-state index contributed by atoms with van der Waals surface area (Å²) in [5.74, 6) is 0.909. The molecule has 1 amide bonds. The summed E-state index contributed by atoms with van der Waals surface area (Å²) in [5, 5.41) is 0. The van der Waals surface area contributed by atoms with Crippen LogP contribution in [0.1, 0.15) is 19.3 Å². The van der Waals surface area contributed by atoms with Crippen molar-refractivity contribution in [3.05, 3.63) is 0 Å². The molecule has 1 aliphatic heterocycles. The van der Waals surface area contributed by atoms with Crippen molar-refractivity contribution in [2.45, 2.75) is 25.3 Å². The first-order chi connectivity index (χ1) is 8.70. The second-order valence-electron chi connectivity index (χ2n) is 4.17. The number of esters is 1. The van der Waals surface area contributed by atoms with Gasteiger partial charge in [0.1, 0.15) is 6.04 Å². The number of likely N-dealkylation sites (tertiary alicyclic amines) is 1. The van der Waals surface area contributed by atoms with Gasteiger partial charge in [0, 0.05) is 19.4 Å². The van der Waals surface area contributed by atoms with Gasteiger partial charge in [-0.3, -0.25) is 4.79 Å². The summed E-state index contributed by atoms with van der Waals surface area (Å²) >= 11 is 1.53. The lowest BCUT2D eigenvalue weighted by molar-refractivity contribution is -0.153. The van der Waals surface area contributed by atoms with E-state index in [1.165, 1.54) is 18.9 Å². The predicted molar refractivity (Wildman–Crippen MR) is 70.6 cm³/mol. The second-order valence-corrected chi connectivity index (χ2v) is 5.27. The maximum atomic E-state index is 12.0. The van der Waals surface area contributed by atoms with Crippen molar-refractivity contribution in [2.24, 2.45) is 0 Å². The maximum Gasteiger partial charge on any atom is 0.328 e. The molecule has 0 bridgehead atoms. The van der Waals surface area contributed by atoms with Gasteiger partial charge in [0.15, 0.2) is 0 Å². The lowest BCUT2D eigenvalue weighted by Gasteiger charge is -2.33. The molecular formula is C12H21NO4S. The van der Waals surface area contributed by atoms with Crippen LogP contribution in [0.2, 0.25) is 0 Å². The van der Waals surface area contributed by atoms with E-state index in [0.29, 0.717) is 25.3 Å². The van der Waals surface area contributed by atoms with Crippen molar-refractivity contribution in [3.63, 3.8) is 0 Å². The van der Waals surface area contributed by atoms with Crippen molar-refractivity contribution < 1.29 is 19.1 Å². The number of thioether (sulfide) groups is 1. The Labute approximate surface area is 112 Å². The van der Waals surface area contributed by atoms with Crippen LogP contribution in [0.25, 0.3) is 0 Å². The number of piperidine rings is 1. The molecule has 0 unspecified atom stereocenters. The number of ether oxygens (including phenoxy) is 2. The Morgan fingerprint density at radius 2 is 2.11 bits per heavy atom. The minimum atomic E-state index is -0.390. The van der Waals surface area contributed by atoms with Crippen molar-refractivity contribution >= 4 is 23.6 Å². The molecule has 6 heteroatoms. The number of amides is 1. The van der Waals surface area contributed by atoms with Gasteiger partial charge >= 0.3 is 5.97 Å². The Balaban J connectivity index is 2.44. The van der Waals surface area contributed by atoms with Gasteiger partial charge in [-0.2, -0.15) is 0 Å². The highest BCUT2D eigenvalue weighted by Gasteiger charge is 2.32. The highest BCUT2D eigenvalue weighted by atomic mass is 32.2. The van der Waals surface area contributed by atoms with Crippen LogP contribution in [0.4, 0.5) is 0 Å². The maximum absolute atomic E-state index is 12.0. The number of carbonyl (C=O) groups excluding carboxylic acids is 2. The Morgan fingerprint density at radius 3 is 2.78 bits per heavy atom. The highest BCUT2D eigenvalue weighted by molar-refractivity contribution is 7.99. The van der Waals surface area contributed by atoms with E-state index >= 15 is 0 Å². The van der Waals surface area contributed by atoms with Crippen LogP contribution in [0, 0.1) is 0 Å². The number of hydrogen-bond acceptors (Lipinski definition) is 5. The zero-order chi connectivity index (χ0) is 13.4. The Hall–Kier alpha value is -0.750. The Morgan fingerprint density at radius 1 is 1.33 bits per heavy atom. The molecular weight excluding hydrogens is 254 g/mol. The monoisotopic (exact) mass is 275 g/mol. The molecule has 1 saturated heterocycles. The van der Waals surface area contributed by atoms with E-state index in [1.54, 1.807) is 12.0 Å². The van der Waals surface area contributed by atoms with Crippen LogP contribution < -0.4 is 0 Å². The van der Waals surface area contributed by atoms with Gasteiger partial charge < -0.3 is 14.4 Å². The van der Waals surface area contributed by atoms with Crippen LogP contribution >= 0.6 is 11.8 Å². The molecule has 0 N–H and O–H groups in total. The number of methoxy groups -OCH3 is 2. The van der Waals surface area contributed by atoms with Gasteiger partial charge in [-0.05, 0) is 19.3 Å². The fourth-order valence-corrected chi connectivity index (χ4v) is 2.77. The standard InChI is InChI=1S/C12H21NO4S/c1-16-7-8-18-9-11(14)13-6-4-3-5-10(13)12(15)17-2/h10H,3-9H2,1-2H3/t10-/m1/s1. The second kappa shape index (κ2) is 8.37. The molecule has 0 radical (unpaired) electrons. The summed E-state index contributed by atoms with van der Waals surface area (Å²) in [6, 6.07) is -0.390. The fraction of sp³-hybridized carbons (Fsp3) is 0.833. The van der Waals surface area contributed by atoms with E-state index in [9.17, 15) is 9.59 Å². The van der Waals surface area contributed by atoms with Crippen molar-refractivity contribution in [2.75, 3.05) is 38.9 Å². The summed E-state index contributed by atoms with van der Waals surface area (Å²) in [4.78, 5) is 25.3. The number of carbonyl (C=O) groups is 2. The third-order valence-electron chi connectivity index (χ3n) is 2.95. The average Bonchev–Trinajstić information content (AvgIpc) is 2.42. The van der Waals surface area contributed by atoms with Gasteiger partial charge in [-0.25, -0.2) is 4.79 Å². The summed E-state index contributed by atoms with van der Waals surface area (Å²) in [6.45, 7) is 1.29. The molecule has 0 aromatic heterocycles. The SMILES string of the molecule is COCCSCC(=O)N1CCCC[C@@H]1C(=O)OC. The zero-order valence-electron chi connectivity index (χ0n) is 11.0. The summed E-state index contributed by atoms with van der Waals surface area (Å²) in [6.07, 6.45) is 2.64. The summed E-state index contributed by atoms with van der Waals surface area (Å²) in [5.41, 5.74) is 0. The van der Waals surface area contributed by atoms with Gasteiger partial charge in [0.25, 0.3) is 0 Å². The quantitative estimate of drug-likeness (QED) is 0.533. The largest absolute Gasteiger partial charge is 0.467 e. The third kappa shape index (κ3) is 4.49. The smallest absolute Gasteiger partial charge is 0.328 e. The van der Waals surface area contributed by atoms with Gasteiger partial charge in [0.05, 0.1) is 19.5 Å². The van der Waals surface area contributed by atoms with E-state index < -0.39 is 0 Å². The molecule has 1 aliphatic rings. The molecule has 1 atom stereocenters. The van der Waals surface area contributed by atoms with Gasteiger partial charge in [-0.15, -0.1) is 11.8 Å². The zero-order valence-corrected chi connectivity index (χ0v) is 11.8. The molecule has 0 aliphatic carbocycles. The van der Waals surface area contributed by atoms with E-state index in [2.05, 4.69) is 0 Å². The molecule has 1 fully saturated rings. The van der Waals surface area contributed by atoms with Crippen LogP contribution in [0.3, 0.4) is 0 Å². The Bertz CT molecular complexity index is 285. The molecule has 18 heavy (non-hydrogen) atoms. The van der Waals surface area contributed by atoms with Gasteiger partial charge in [-0.1, -0.05) is 0 Å². The van der Waals surface area contributed by atoms with Crippen LogP contribution in [-0.4, -0.2) is 61.7 Å². The Kier molecular flexibility index (Phi) is 7.12.